The minimum absolute atomic E-state index is 0.0810. The van der Waals surface area contributed by atoms with Gasteiger partial charge in [0, 0.05) is 13.0 Å². The van der Waals surface area contributed by atoms with E-state index in [2.05, 4.69) is 0 Å². The van der Waals surface area contributed by atoms with Crippen LogP contribution < -0.4 is 4.90 Å². The summed E-state index contributed by atoms with van der Waals surface area (Å²) in [6.45, 7) is 0.384. The molecular weight excluding hydrogens is 234 g/mol. The van der Waals surface area contributed by atoms with Crippen molar-refractivity contribution < 1.29 is 19.5 Å². The van der Waals surface area contributed by atoms with Crippen molar-refractivity contribution in [1.29, 1.82) is 0 Å². The minimum Gasteiger partial charge on any atom is -0.481 e. The van der Waals surface area contributed by atoms with Gasteiger partial charge in [-0.15, -0.1) is 0 Å². The van der Waals surface area contributed by atoms with E-state index in [4.69, 9.17) is 5.11 Å². The van der Waals surface area contributed by atoms with Gasteiger partial charge in [0.05, 0.1) is 11.3 Å². The predicted octanol–water partition coefficient (Wildman–Crippen LogP) is 1.47. The average Bonchev–Trinajstić information content (AvgIpc) is 2.59. The molecule has 0 atom stereocenters. The van der Waals surface area contributed by atoms with Gasteiger partial charge >= 0.3 is 5.97 Å². The first kappa shape index (κ1) is 12.3. The van der Waals surface area contributed by atoms with Gasteiger partial charge in [0.2, 0.25) is 0 Å². The summed E-state index contributed by atoms with van der Waals surface area (Å²) in [5.41, 5.74) is 1.06. The second kappa shape index (κ2) is 5.00. The van der Waals surface area contributed by atoms with E-state index in [0.29, 0.717) is 30.6 Å². The number of rotatable bonds is 5. The van der Waals surface area contributed by atoms with Crippen LogP contribution in [0.2, 0.25) is 0 Å². The lowest BCUT2D eigenvalue weighted by Gasteiger charge is -2.15. The minimum atomic E-state index is -0.848. The molecule has 1 N–H and O–H groups in total. The lowest BCUT2D eigenvalue weighted by molar-refractivity contribution is -0.137. The van der Waals surface area contributed by atoms with Crippen molar-refractivity contribution in [2.75, 3.05) is 11.4 Å². The Kier molecular flexibility index (Phi) is 3.41. The van der Waals surface area contributed by atoms with Crippen LogP contribution >= 0.6 is 0 Å². The first-order chi connectivity index (χ1) is 8.61. The molecule has 0 saturated carbocycles. The number of benzene rings is 1. The number of carboxylic acid groups (broad SMARTS) is 1. The maximum Gasteiger partial charge on any atom is 0.303 e. The average molecular weight is 247 g/mol. The summed E-state index contributed by atoms with van der Waals surface area (Å²) in [7, 11) is 0. The number of hydrogen-bond acceptors (Lipinski definition) is 3. The molecule has 94 valence electrons. The fourth-order valence-corrected chi connectivity index (χ4v) is 2.02. The third-order valence-corrected chi connectivity index (χ3v) is 2.90. The molecule has 5 nitrogen and oxygen atoms in total. The smallest absolute Gasteiger partial charge is 0.303 e. The molecule has 1 heterocycles. The van der Waals surface area contributed by atoms with Gasteiger partial charge in [-0.05, 0) is 25.0 Å². The van der Waals surface area contributed by atoms with Crippen molar-refractivity contribution >= 4 is 23.3 Å². The van der Waals surface area contributed by atoms with Crippen LogP contribution in [0.1, 0.15) is 29.6 Å². The zero-order valence-corrected chi connectivity index (χ0v) is 9.76. The molecule has 0 radical (unpaired) electrons. The molecule has 0 unspecified atom stereocenters. The van der Waals surface area contributed by atoms with Gasteiger partial charge < -0.3 is 10.0 Å². The largest absolute Gasteiger partial charge is 0.481 e. The molecule has 0 fully saturated rings. The van der Waals surface area contributed by atoms with Gasteiger partial charge in [-0.1, -0.05) is 12.1 Å². The van der Waals surface area contributed by atoms with Crippen LogP contribution in [0.4, 0.5) is 5.69 Å². The Labute approximate surface area is 104 Å². The maximum absolute atomic E-state index is 11.8. The van der Waals surface area contributed by atoms with E-state index < -0.39 is 17.7 Å². The summed E-state index contributed by atoms with van der Waals surface area (Å²) < 4.78 is 0. The first-order valence-electron chi connectivity index (χ1n) is 5.78. The fraction of sp³-hybridized carbons (Fsp3) is 0.308. The molecule has 1 aliphatic rings. The number of carbonyl (C=O) groups excluding carboxylic acids is 2. The van der Waals surface area contributed by atoms with Crippen LogP contribution in [-0.2, 0) is 9.59 Å². The van der Waals surface area contributed by atoms with Gasteiger partial charge in [0.25, 0.3) is 11.7 Å². The van der Waals surface area contributed by atoms with E-state index in [1.54, 1.807) is 24.3 Å². The Bertz CT molecular complexity index is 509. The van der Waals surface area contributed by atoms with Crippen molar-refractivity contribution in [1.82, 2.24) is 0 Å². The lowest BCUT2D eigenvalue weighted by atomic mass is 10.1. The monoisotopic (exact) mass is 247 g/mol. The molecule has 0 spiro atoms. The van der Waals surface area contributed by atoms with Crippen molar-refractivity contribution in [2.45, 2.75) is 19.3 Å². The highest BCUT2D eigenvalue weighted by Gasteiger charge is 2.34. The number of para-hydroxylation sites is 1. The Morgan fingerprint density at radius 2 is 1.89 bits per heavy atom. The molecule has 5 heteroatoms. The van der Waals surface area contributed by atoms with Crippen molar-refractivity contribution in [3.8, 4) is 0 Å². The fourth-order valence-electron chi connectivity index (χ4n) is 2.02. The number of anilines is 1. The maximum atomic E-state index is 11.8. The van der Waals surface area contributed by atoms with E-state index in [0.717, 1.165) is 0 Å². The number of carboxylic acids is 1. The van der Waals surface area contributed by atoms with Crippen molar-refractivity contribution in [3.05, 3.63) is 29.8 Å². The molecule has 1 aromatic rings. The second-order valence-electron chi connectivity index (χ2n) is 4.15. The number of Topliss-reactive ketones (excluding diaryl/α,β-unsaturated/α-hetero) is 1. The van der Waals surface area contributed by atoms with E-state index >= 15 is 0 Å². The Hall–Kier alpha value is -2.17. The van der Waals surface area contributed by atoms with Gasteiger partial charge in [-0.3, -0.25) is 14.4 Å². The standard InChI is InChI=1S/C13H13NO4/c15-11(16)7-3-4-8-14-10-6-2-1-5-9(10)12(17)13(14)18/h1-2,5-6H,3-4,7-8H2,(H,15,16). The van der Waals surface area contributed by atoms with E-state index in [1.807, 2.05) is 0 Å². The summed E-state index contributed by atoms with van der Waals surface area (Å²) in [5.74, 6) is -1.85. The number of unbranched alkanes of at least 4 members (excludes halogenated alkanes) is 1. The second-order valence-corrected chi connectivity index (χ2v) is 4.15. The molecule has 18 heavy (non-hydrogen) atoms. The summed E-state index contributed by atoms with van der Waals surface area (Å²) in [5, 5.41) is 8.52. The summed E-state index contributed by atoms with van der Waals surface area (Å²) in [6.07, 6.45) is 1.15. The molecule has 1 aliphatic heterocycles. The van der Waals surface area contributed by atoms with Gasteiger partial charge in [0.1, 0.15) is 0 Å². The number of nitrogens with zero attached hydrogens (tertiary/aromatic N) is 1. The highest BCUT2D eigenvalue weighted by Crippen LogP contribution is 2.28. The van der Waals surface area contributed by atoms with Crippen LogP contribution in [0.3, 0.4) is 0 Å². The highest BCUT2D eigenvalue weighted by molar-refractivity contribution is 6.52. The number of carbonyl (C=O) groups is 3. The van der Waals surface area contributed by atoms with E-state index in [9.17, 15) is 14.4 Å². The Morgan fingerprint density at radius 3 is 2.61 bits per heavy atom. The number of ketones is 1. The van der Waals surface area contributed by atoms with Crippen LogP contribution in [0.25, 0.3) is 0 Å². The molecule has 0 aromatic heterocycles. The molecule has 1 aromatic carbocycles. The Morgan fingerprint density at radius 1 is 1.17 bits per heavy atom. The molecule has 0 bridgehead atoms. The van der Waals surface area contributed by atoms with Crippen LogP contribution in [0.15, 0.2) is 24.3 Å². The lowest BCUT2D eigenvalue weighted by Crippen LogP contribution is -2.30. The van der Waals surface area contributed by atoms with Crippen LogP contribution in [-0.4, -0.2) is 29.3 Å². The number of hydrogen-bond donors (Lipinski definition) is 1. The summed E-state index contributed by atoms with van der Waals surface area (Å²) in [6, 6.07) is 6.86. The molecule has 2 rings (SSSR count). The zero-order valence-electron chi connectivity index (χ0n) is 9.76. The van der Waals surface area contributed by atoms with Gasteiger partial charge in [-0.25, -0.2) is 0 Å². The van der Waals surface area contributed by atoms with Crippen LogP contribution in [0.5, 0.6) is 0 Å². The SMILES string of the molecule is O=C(O)CCCCN1C(=O)C(=O)c2ccccc21. The molecule has 0 saturated heterocycles. The third kappa shape index (κ3) is 2.25. The number of amides is 1. The van der Waals surface area contributed by atoms with Crippen molar-refractivity contribution in [2.24, 2.45) is 0 Å². The summed E-state index contributed by atoms with van der Waals surface area (Å²) >= 11 is 0. The van der Waals surface area contributed by atoms with Gasteiger partial charge in [-0.2, -0.15) is 0 Å². The van der Waals surface area contributed by atoms with Crippen LogP contribution in [0, 0.1) is 0 Å². The molecular formula is C13H13NO4. The molecule has 0 aliphatic carbocycles. The quantitative estimate of drug-likeness (QED) is 0.631. The zero-order chi connectivity index (χ0) is 13.1. The third-order valence-electron chi connectivity index (χ3n) is 2.90. The summed E-state index contributed by atoms with van der Waals surface area (Å²) in [4.78, 5) is 35.2. The first-order valence-corrected chi connectivity index (χ1v) is 5.78. The Balaban J connectivity index is 2.03. The van der Waals surface area contributed by atoms with Gasteiger partial charge in [0.15, 0.2) is 0 Å². The normalized spacial score (nSPS) is 13.9. The highest BCUT2D eigenvalue weighted by atomic mass is 16.4. The van der Waals surface area contributed by atoms with Crippen molar-refractivity contribution in [3.63, 3.8) is 0 Å². The molecule has 1 amide bonds. The predicted molar refractivity (Wildman–Crippen MR) is 64.6 cm³/mol. The van der Waals surface area contributed by atoms with E-state index in [1.165, 1.54) is 4.90 Å². The van der Waals surface area contributed by atoms with E-state index in [-0.39, 0.29) is 6.42 Å². The topological polar surface area (TPSA) is 74.7 Å². The number of fused-ring (bicyclic) bond motifs is 1. The number of aliphatic carboxylic acids is 1.